The van der Waals surface area contributed by atoms with Gasteiger partial charge in [-0.1, -0.05) is 6.92 Å². The number of rotatable bonds is 3. The van der Waals surface area contributed by atoms with Crippen molar-refractivity contribution in [2.75, 3.05) is 13.6 Å². The van der Waals surface area contributed by atoms with Crippen LogP contribution in [0.1, 0.15) is 13.3 Å². The van der Waals surface area contributed by atoms with Crippen LogP contribution in [0.25, 0.3) is 0 Å². The zero-order valence-electron chi connectivity index (χ0n) is 4.94. The summed E-state index contributed by atoms with van der Waals surface area (Å²) in [5.41, 5.74) is 0. The van der Waals surface area contributed by atoms with E-state index in [-0.39, 0.29) is 0 Å². The van der Waals surface area contributed by atoms with Crippen LogP contribution in [0.15, 0.2) is 0 Å². The van der Waals surface area contributed by atoms with E-state index in [1.165, 1.54) is 0 Å². The Morgan fingerprint density at radius 3 is 2.43 bits per heavy atom. The first-order valence-electron chi connectivity index (χ1n) is 2.64. The lowest BCUT2D eigenvalue weighted by atomic mass is 10.3. The van der Waals surface area contributed by atoms with Gasteiger partial charge in [0, 0.05) is 11.8 Å². The number of thiol groups is 1. The first-order valence-corrected chi connectivity index (χ1v) is 3.15. The maximum Gasteiger partial charge on any atom is 0.0139 e. The quantitative estimate of drug-likeness (QED) is 0.526. The van der Waals surface area contributed by atoms with Crippen molar-refractivity contribution in [3.05, 3.63) is 0 Å². The van der Waals surface area contributed by atoms with E-state index >= 15 is 0 Å². The molecule has 0 aromatic heterocycles. The summed E-state index contributed by atoms with van der Waals surface area (Å²) in [4.78, 5) is 0. The molecule has 2 heteroatoms. The molecule has 0 aliphatic heterocycles. The van der Waals surface area contributed by atoms with Crippen molar-refractivity contribution in [2.24, 2.45) is 0 Å². The highest BCUT2D eigenvalue weighted by Gasteiger charge is 1.93. The van der Waals surface area contributed by atoms with Crippen LogP contribution in [-0.2, 0) is 0 Å². The molecule has 0 radical (unpaired) electrons. The van der Waals surface area contributed by atoms with Gasteiger partial charge in [-0.25, -0.2) is 0 Å². The van der Waals surface area contributed by atoms with Gasteiger partial charge >= 0.3 is 0 Å². The van der Waals surface area contributed by atoms with Gasteiger partial charge < -0.3 is 5.32 Å². The van der Waals surface area contributed by atoms with Gasteiger partial charge in [-0.3, -0.25) is 0 Å². The van der Waals surface area contributed by atoms with Crippen molar-refractivity contribution in [3.63, 3.8) is 0 Å². The average molecular weight is 119 g/mol. The van der Waals surface area contributed by atoms with Crippen LogP contribution in [0.3, 0.4) is 0 Å². The Balaban J connectivity index is 2.83. The molecule has 0 heterocycles. The normalized spacial score (nSPS) is 14.1. The maximum atomic E-state index is 4.25. The van der Waals surface area contributed by atoms with E-state index in [1.54, 1.807) is 0 Å². The molecule has 0 spiro atoms. The lowest BCUT2D eigenvalue weighted by molar-refractivity contribution is 0.730. The van der Waals surface area contributed by atoms with Crippen molar-refractivity contribution in [1.82, 2.24) is 5.32 Å². The van der Waals surface area contributed by atoms with Crippen LogP contribution in [0.2, 0.25) is 0 Å². The Morgan fingerprint density at radius 1 is 1.71 bits per heavy atom. The maximum absolute atomic E-state index is 4.25. The van der Waals surface area contributed by atoms with Crippen molar-refractivity contribution < 1.29 is 0 Å². The lowest BCUT2D eigenvalue weighted by Crippen LogP contribution is -2.17. The summed E-state index contributed by atoms with van der Waals surface area (Å²) in [5.74, 6) is 0. The Hall–Kier alpha value is 0.310. The van der Waals surface area contributed by atoms with Crippen LogP contribution < -0.4 is 5.32 Å². The fourth-order valence-electron chi connectivity index (χ4n) is 0.380. The zero-order valence-corrected chi connectivity index (χ0v) is 5.83. The number of nitrogens with one attached hydrogen (secondary N) is 1. The molecule has 1 unspecified atom stereocenters. The van der Waals surface area contributed by atoms with Gasteiger partial charge in [0.1, 0.15) is 0 Å². The van der Waals surface area contributed by atoms with Crippen LogP contribution >= 0.6 is 12.6 Å². The predicted octanol–water partition coefficient (Wildman–Crippen LogP) is 0.914. The van der Waals surface area contributed by atoms with Gasteiger partial charge in [-0.2, -0.15) is 12.6 Å². The van der Waals surface area contributed by atoms with Crippen molar-refractivity contribution in [1.29, 1.82) is 0 Å². The van der Waals surface area contributed by atoms with E-state index in [0.717, 1.165) is 13.0 Å². The minimum atomic E-state index is 0.532. The van der Waals surface area contributed by atoms with Gasteiger partial charge in [-0.15, -0.1) is 0 Å². The van der Waals surface area contributed by atoms with E-state index in [2.05, 4.69) is 24.9 Å². The summed E-state index contributed by atoms with van der Waals surface area (Å²) in [6.07, 6.45) is 1.14. The standard InChI is InChI=1S/C5H13NS/c1-3-5(7)4-6-2/h5-7H,3-4H2,1-2H3. The third kappa shape index (κ3) is 4.16. The highest BCUT2D eigenvalue weighted by atomic mass is 32.1. The third-order valence-electron chi connectivity index (χ3n) is 0.911. The lowest BCUT2D eigenvalue weighted by Gasteiger charge is -2.03. The topological polar surface area (TPSA) is 12.0 Å². The first-order chi connectivity index (χ1) is 3.31. The van der Waals surface area contributed by atoms with E-state index in [4.69, 9.17) is 0 Å². The largest absolute Gasteiger partial charge is 0.319 e. The summed E-state index contributed by atoms with van der Waals surface area (Å²) in [6, 6.07) is 0. The van der Waals surface area contributed by atoms with Gasteiger partial charge in [0.15, 0.2) is 0 Å². The second-order valence-corrected chi connectivity index (χ2v) is 2.35. The summed E-state index contributed by atoms with van der Waals surface area (Å²) < 4.78 is 0. The SMILES string of the molecule is CCC(S)CNC. The molecule has 0 amide bonds. The van der Waals surface area contributed by atoms with Gasteiger partial charge in [0.2, 0.25) is 0 Å². The Bertz CT molecular complexity index is 39.1. The second kappa shape index (κ2) is 4.47. The molecular weight excluding hydrogens is 106 g/mol. The van der Waals surface area contributed by atoms with Crippen molar-refractivity contribution in [3.8, 4) is 0 Å². The van der Waals surface area contributed by atoms with E-state index in [1.807, 2.05) is 7.05 Å². The average Bonchev–Trinajstić information content (AvgIpc) is 1.68. The van der Waals surface area contributed by atoms with Crippen LogP contribution in [0.5, 0.6) is 0 Å². The molecule has 0 aliphatic rings. The highest BCUT2D eigenvalue weighted by molar-refractivity contribution is 7.81. The fourth-order valence-corrected chi connectivity index (χ4v) is 0.563. The van der Waals surface area contributed by atoms with E-state index < -0.39 is 0 Å². The smallest absolute Gasteiger partial charge is 0.0139 e. The molecule has 1 N–H and O–H groups in total. The van der Waals surface area contributed by atoms with Gasteiger partial charge in [0.25, 0.3) is 0 Å². The van der Waals surface area contributed by atoms with Crippen LogP contribution in [0, 0.1) is 0 Å². The molecule has 0 aromatic carbocycles. The number of hydrogen-bond acceptors (Lipinski definition) is 2. The molecule has 0 aromatic rings. The molecule has 0 rings (SSSR count). The Labute approximate surface area is 50.9 Å². The molecular formula is C5H13NS. The van der Waals surface area contributed by atoms with Gasteiger partial charge in [0.05, 0.1) is 0 Å². The van der Waals surface area contributed by atoms with E-state index in [9.17, 15) is 0 Å². The summed E-state index contributed by atoms with van der Waals surface area (Å²) in [6.45, 7) is 3.15. The molecule has 44 valence electrons. The number of hydrogen-bond donors (Lipinski definition) is 2. The zero-order chi connectivity index (χ0) is 5.70. The molecule has 0 bridgehead atoms. The minimum absolute atomic E-state index is 0.532. The van der Waals surface area contributed by atoms with Gasteiger partial charge in [-0.05, 0) is 13.5 Å². The van der Waals surface area contributed by atoms with Crippen LogP contribution in [-0.4, -0.2) is 18.8 Å². The molecule has 1 nitrogen and oxygen atoms in total. The molecule has 0 saturated carbocycles. The Morgan fingerprint density at radius 2 is 2.29 bits per heavy atom. The molecule has 0 saturated heterocycles. The van der Waals surface area contributed by atoms with Crippen molar-refractivity contribution >= 4 is 12.6 Å². The fraction of sp³-hybridized carbons (Fsp3) is 1.00. The van der Waals surface area contributed by atoms with Crippen LogP contribution in [0.4, 0.5) is 0 Å². The predicted molar refractivity (Wildman–Crippen MR) is 37.0 cm³/mol. The molecule has 7 heavy (non-hydrogen) atoms. The van der Waals surface area contributed by atoms with E-state index in [0.29, 0.717) is 5.25 Å². The Kier molecular flexibility index (Phi) is 4.67. The molecule has 0 fully saturated rings. The summed E-state index contributed by atoms with van der Waals surface area (Å²) in [7, 11) is 1.94. The summed E-state index contributed by atoms with van der Waals surface area (Å²) >= 11 is 4.25. The monoisotopic (exact) mass is 119 g/mol. The minimum Gasteiger partial charge on any atom is -0.319 e. The first kappa shape index (κ1) is 7.31. The molecule has 0 aliphatic carbocycles. The highest BCUT2D eigenvalue weighted by Crippen LogP contribution is 1.95. The van der Waals surface area contributed by atoms with Crippen molar-refractivity contribution in [2.45, 2.75) is 18.6 Å². The molecule has 1 atom stereocenters. The third-order valence-corrected chi connectivity index (χ3v) is 1.46. The summed E-state index contributed by atoms with van der Waals surface area (Å²) in [5, 5.41) is 3.57. The second-order valence-electron chi connectivity index (χ2n) is 1.62.